The van der Waals surface area contributed by atoms with E-state index in [1.54, 1.807) is 4.90 Å². The van der Waals surface area contributed by atoms with Crippen LogP contribution in [0.15, 0.2) is 18.7 Å². The third-order valence-corrected chi connectivity index (χ3v) is 3.36. The molecule has 1 saturated heterocycles. The molecule has 0 radical (unpaired) electrons. The van der Waals surface area contributed by atoms with Crippen LogP contribution >= 0.6 is 0 Å². The highest BCUT2D eigenvalue weighted by Gasteiger charge is 2.53. The van der Waals surface area contributed by atoms with Crippen LogP contribution in [-0.2, 0) is 0 Å². The number of carbonyl (C=O) groups is 1. The number of aromatic nitrogens is 2. The van der Waals surface area contributed by atoms with Gasteiger partial charge >= 0.3 is 0 Å². The van der Waals surface area contributed by atoms with Crippen molar-refractivity contribution in [2.75, 3.05) is 13.1 Å². The summed E-state index contributed by atoms with van der Waals surface area (Å²) in [7, 11) is 0. The van der Waals surface area contributed by atoms with Gasteiger partial charge in [-0.2, -0.15) is 0 Å². The maximum Gasteiger partial charge on any atom is 0.257 e. The van der Waals surface area contributed by atoms with Crippen LogP contribution in [0.4, 0.5) is 0 Å². The molecule has 2 fully saturated rings. The fourth-order valence-electron chi connectivity index (χ4n) is 2.23. The minimum absolute atomic E-state index is 0.0917. The normalized spacial score (nSPS) is 22.7. The summed E-state index contributed by atoms with van der Waals surface area (Å²) in [6, 6.07) is 0. The van der Waals surface area contributed by atoms with Crippen molar-refractivity contribution in [3.63, 3.8) is 0 Å². The molecule has 1 aliphatic heterocycles. The van der Waals surface area contributed by atoms with E-state index in [0.29, 0.717) is 24.6 Å². The molecular weight excluding hydrogens is 206 g/mol. The summed E-state index contributed by atoms with van der Waals surface area (Å²) in [5.74, 6) is 0.314. The van der Waals surface area contributed by atoms with E-state index in [4.69, 9.17) is 0 Å². The Kier molecular flexibility index (Phi) is 1.97. The SMILES string of the molecule is O=C(c1cncnc1)N1CC(O)(C2CC2)C1. The average molecular weight is 219 g/mol. The summed E-state index contributed by atoms with van der Waals surface area (Å²) in [6.45, 7) is 0.900. The summed E-state index contributed by atoms with van der Waals surface area (Å²) >= 11 is 0. The third kappa shape index (κ3) is 1.48. The molecule has 2 aliphatic rings. The Hall–Kier alpha value is -1.49. The largest absolute Gasteiger partial charge is 0.386 e. The van der Waals surface area contributed by atoms with E-state index < -0.39 is 5.60 Å². The molecule has 84 valence electrons. The maximum absolute atomic E-state index is 11.9. The summed E-state index contributed by atoms with van der Waals surface area (Å²) < 4.78 is 0. The number of nitrogens with zero attached hydrogens (tertiary/aromatic N) is 3. The molecule has 1 N–H and O–H groups in total. The first-order valence-electron chi connectivity index (χ1n) is 5.46. The van der Waals surface area contributed by atoms with Crippen molar-refractivity contribution in [1.82, 2.24) is 14.9 Å². The average Bonchev–Trinajstić information content (AvgIpc) is 3.09. The van der Waals surface area contributed by atoms with Crippen molar-refractivity contribution in [1.29, 1.82) is 0 Å². The number of carbonyl (C=O) groups excluding carboxylic acids is 1. The van der Waals surface area contributed by atoms with Crippen molar-refractivity contribution in [2.24, 2.45) is 5.92 Å². The van der Waals surface area contributed by atoms with Gasteiger partial charge in [0.1, 0.15) is 11.9 Å². The molecule has 0 bridgehead atoms. The van der Waals surface area contributed by atoms with Gasteiger partial charge < -0.3 is 10.0 Å². The van der Waals surface area contributed by atoms with E-state index in [1.807, 2.05) is 0 Å². The van der Waals surface area contributed by atoms with E-state index in [2.05, 4.69) is 9.97 Å². The van der Waals surface area contributed by atoms with E-state index in [9.17, 15) is 9.90 Å². The number of likely N-dealkylation sites (tertiary alicyclic amines) is 1. The quantitative estimate of drug-likeness (QED) is 0.764. The van der Waals surface area contributed by atoms with Crippen molar-refractivity contribution in [3.8, 4) is 0 Å². The van der Waals surface area contributed by atoms with E-state index in [0.717, 1.165) is 12.8 Å². The van der Waals surface area contributed by atoms with E-state index >= 15 is 0 Å². The number of hydrogen-bond acceptors (Lipinski definition) is 4. The fourth-order valence-corrected chi connectivity index (χ4v) is 2.23. The first-order valence-corrected chi connectivity index (χ1v) is 5.46. The predicted octanol–water partition coefficient (Wildman–Crippen LogP) is 0.0735. The van der Waals surface area contributed by atoms with Crippen molar-refractivity contribution in [2.45, 2.75) is 18.4 Å². The Labute approximate surface area is 93.1 Å². The maximum atomic E-state index is 11.9. The standard InChI is InChI=1S/C11H13N3O2/c15-10(8-3-12-7-13-4-8)14-5-11(16,6-14)9-1-2-9/h3-4,7,9,16H,1-2,5-6H2. The van der Waals surface area contributed by atoms with Crippen LogP contribution in [0, 0.1) is 5.92 Å². The van der Waals surface area contributed by atoms with Gasteiger partial charge in [-0.05, 0) is 18.8 Å². The van der Waals surface area contributed by atoms with Crippen LogP contribution in [0.1, 0.15) is 23.2 Å². The molecule has 1 aromatic rings. The first-order chi connectivity index (χ1) is 7.69. The lowest BCUT2D eigenvalue weighted by molar-refractivity contribution is -0.0958. The summed E-state index contributed by atoms with van der Waals surface area (Å²) in [6.07, 6.45) is 6.58. The lowest BCUT2D eigenvalue weighted by Gasteiger charge is -2.46. The van der Waals surface area contributed by atoms with Crippen LogP contribution < -0.4 is 0 Å². The number of β-amino-alcohol motifs (C(OH)–C–C–N with tert-alkyl or cyclic N) is 1. The highest BCUT2D eigenvalue weighted by molar-refractivity contribution is 5.94. The number of aliphatic hydroxyl groups is 1. The Morgan fingerprint density at radius 1 is 1.38 bits per heavy atom. The molecule has 3 rings (SSSR count). The highest BCUT2D eigenvalue weighted by Crippen LogP contribution is 2.44. The van der Waals surface area contributed by atoms with Crippen LogP contribution in [0.5, 0.6) is 0 Å². The third-order valence-electron chi connectivity index (χ3n) is 3.36. The van der Waals surface area contributed by atoms with E-state index in [1.165, 1.54) is 18.7 Å². The smallest absolute Gasteiger partial charge is 0.257 e. The molecule has 0 spiro atoms. The van der Waals surface area contributed by atoms with Gasteiger partial charge in [-0.25, -0.2) is 9.97 Å². The zero-order chi connectivity index (χ0) is 11.2. The second-order valence-corrected chi connectivity index (χ2v) is 4.67. The van der Waals surface area contributed by atoms with Gasteiger partial charge in [0, 0.05) is 12.4 Å². The fraction of sp³-hybridized carbons (Fsp3) is 0.545. The lowest BCUT2D eigenvalue weighted by Crippen LogP contribution is -2.64. The molecular formula is C11H13N3O2. The summed E-state index contributed by atoms with van der Waals surface area (Å²) in [5.41, 5.74) is -0.133. The summed E-state index contributed by atoms with van der Waals surface area (Å²) in [4.78, 5) is 21.2. The van der Waals surface area contributed by atoms with Crippen molar-refractivity contribution in [3.05, 3.63) is 24.3 Å². The monoisotopic (exact) mass is 219 g/mol. The zero-order valence-corrected chi connectivity index (χ0v) is 8.83. The van der Waals surface area contributed by atoms with Gasteiger partial charge in [-0.15, -0.1) is 0 Å². The molecule has 5 nitrogen and oxygen atoms in total. The molecule has 0 aromatic carbocycles. The molecule has 0 atom stereocenters. The Bertz CT molecular complexity index is 410. The van der Waals surface area contributed by atoms with Gasteiger partial charge in [0.05, 0.1) is 18.7 Å². The Morgan fingerprint density at radius 3 is 2.56 bits per heavy atom. The second-order valence-electron chi connectivity index (χ2n) is 4.67. The molecule has 1 saturated carbocycles. The Balaban J connectivity index is 1.66. The minimum Gasteiger partial charge on any atom is -0.386 e. The molecule has 5 heteroatoms. The molecule has 2 heterocycles. The predicted molar refractivity (Wildman–Crippen MR) is 55.6 cm³/mol. The molecule has 0 unspecified atom stereocenters. The molecule has 1 aromatic heterocycles. The van der Waals surface area contributed by atoms with Gasteiger partial charge in [0.2, 0.25) is 0 Å². The number of amides is 1. The van der Waals surface area contributed by atoms with Gasteiger partial charge in [-0.3, -0.25) is 4.79 Å². The van der Waals surface area contributed by atoms with Crippen LogP contribution in [-0.4, -0.2) is 44.6 Å². The van der Waals surface area contributed by atoms with Crippen LogP contribution in [0.25, 0.3) is 0 Å². The number of rotatable bonds is 2. The zero-order valence-electron chi connectivity index (χ0n) is 8.83. The number of hydrogen-bond donors (Lipinski definition) is 1. The first kappa shape index (κ1) is 9.72. The molecule has 1 amide bonds. The van der Waals surface area contributed by atoms with Gasteiger partial charge in [0.25, 0.3) is 5.91 Å². The minimum atomic E-state index is -0.620. The van der Waals surface area contributed by atoms with Crippen LogP contribution in [0.3, 0.4) is 0 Å². The van der Waals surface area contributed by atoms with Crippen molar-refractivity contribution < 1.29 is 9.90 Å². The Morgan fingerprint density at radius 2 is 2.00 bits per heavy atom. The van der Waals surface area contributed by atoms with Gasteiger partial charge in [0.15, 0.2) is 0 Å². The highest BCUT2D eigenvalue weighted by atomic mass is 16.3. The molecule has 1 aliphatic carbocycles. The van der Waals surface area contributed by atoms with Crippen LogP contribution in [0.2, 0.25) is 0 Å². The van der Waals surface area contributed by atoms with Crippen molar-refractivity contribution >= 4 is 5.91 Å². The topological polar surface area (TPSA) is 66.3 Å². The molecule has 16 heavy (non-hydrogen) atoms. The van der Waals surface area contributed by atoms with Gasteiger partial charge in [-0.1, -0.05) is 0 Å². The lowest BCUT2D eigenvalue weighted by atomic mass is 9.88. The second kappa shape index (κ2) is 3.25. The van der Waals surface area contributed by atoms with E-state index in [-0.39, 0.29) is 5.91 Å². The summed E-state index contributed by atoms with van der Waals surface area (Å²) in [5, 5.41) is 10.1.